The number of methoxy groups -OCH3 is 1. The summed E-state index contributed by atoms with van der Waals surface area (Å²) in [6.45, 7) is 2.82. The van der Waals surface area contributed by atoms with E-state index in [1.807, 2.05) is 12.1 Å². The van der Waals surface area contributed by atoms with Gasteiger partial charge in [-0.25, -0.2) is 0 Å². The van der Waals surface area contributed by atoms with Crippen LogP contribution in [0, 0.1) is 6.92 Å². The molecule has 0 atom stereocenters. The number of benzene rings is 3. The molecule has 0 fully saturated rings. The summed E-state index contributed by atoms with van der Waals surface area (Å²) in [6, 6.07) is 20.9. The zero-order chi connectivity index (χ0) is 15.8. The summed E-state index contributed by atoms with van der Waals surface area (Å²) in [5, 5.41) is 8.22. The zero-order valence-electron chi connectivity index (χ0n) is 13.3. The van der Waals surface area contributed by atoms with Gasteiger partial charge in [-0.2, -0.15) is 5.10 Å². The minimum absolute atomic E-state index is 0.765. The van der Waals surface area contributed by atoms with E-state index in [0.29, 0.717) is 0 Å². The molecule has 0 spiro atoms. The van der Waals surface area contributed by atoms with Crippen molar-refractivity contribution in [1.29, 1.82) is 0 Å². The van der Waals surface area contributed by atoms with Crippen molar-refractivity contribution in [3.8, 4) is 5.75 Å². The number of aromatic nitrogens is 2. The van der Waals surface area contributed by atoms with Crippen molar-refractivity contribution in [2.45, 2.75) is 13.5 Å². The van der Waals surface area contributed by atoms with Gasteiger partial charge in [-0.05, 0) is 18.6 Å². The van der Waals surface area contributed by atoms with Crippen molar-refractivity contribution in [2.75, 3.05) is 7.11 Å². The zero-order valence-corrected chi connectivity index (χ0v) is 13.3. The second-order valence-electron chi connectivity index (χ2n) is 5.75. The first-order valence-electron chi connectivity index (χ1n) is 7.74. The van der Waals surface area contributed by atoms with E-state index in [1.165, 1.54) is 16.5 Å². The van der Waals surface area contributed by atoms with Crippen LogP contribution >= 0.6 is 0 Å². The van der Waals surface area contributed by atoms with Crippen molar-refractivity contribution in [3.05, 3.63) is 71.9 Å². The number of fused-ring (bicyclic) bond motifs is 3. The molecule has 0 amide bonds. The maximum absolute atomic E-state index is 5.58. The smallest absolute Gasteiger partial charge is 0.127 e. The molecule has 0 aliphatic heterocycles. The number of hydrogen-bond donors (Lipinski definition) is 0. The van der Waals surface area contributed by atoms with E-state index in [2.05, 4.69) is 60.1 Å². The van der Waals surface area contributed by atoms with E-state index >= 15 is 0 Å². The van der Waals surface area contributed by atoms with E-state index in [-0.39, 0.29) is 0 Å². The highest BCUT2D eigenvalue weighted by Gasteiger charge is 2.14. The van der Waals surface area contributed by atoms with E-state index in [1.54, 1.807) is 7.11 Å². The Labute approximate surface area is 135 Å². The molecule has 1 heterocycles. The number of aryl methyl sites for hydroxylation is 1. The van der Waals surface area contributed by atoms with Crippen molar-refractivity contribution >= 4 is 21.7 Å². The maximum atomic E-state index is 5.58. The number of nitrogens with zero attached hydrogens (tertiary/aromatic N) is 2. The monoisotopic (exact) mass is 302 g/mol. The minimum Gasteiger partial charge on any atom is -0.496 e. The van der Waals surface area contributed by atoms with Gasteiger partial charge in [-0.1, -0.05) is 54.6 Å². The van der Waals surface area contributed by atoms with Gasteiger partial charge >= 0.3 is 0 Å². The molecule has 4 aromatic rings. The summed E-state index contributed by atoms with van der Waals surface area (Å²) in [5.41, 5.74) is 3.44. The molecule has 0 aliphatic carbocycles. The van der Waals surface area contributed by atoms with Gasteiger partial charge in [0.1, 0.15) is 5.75 Å². The molecule has 0 N–H and O–H groups in total. The van der Waals surface area contributed by atoms with Gasteiger partial charge in [0, 0.05) is 16.2 Å². The third kappa shape index (κ3) is 2.25. The quantitative estimate of drug-likeness (QED) is 0.555. The lowest BCUT2D eigenvalue weighted by Gasteiger charge is -2.09. The molecule has 0 saturated heterocycles. The third-order valence-electron chi connectivity index (χ3n) is 4.29. The number of ether oxygens (including phenoxy) is 1. The third-order valence-corrected chi connectivity index (χ3v) is 4.29. The van der Waals surface area contributed by atoms with Gasteiger partial charge in [0.15, 0.2) is 0 Å². The Morgan fingerprint density at radius 1 is 0.913 bits per heavy atom. The summed E-state index contributed by atoms with van der Waals surface area (Å²) in [6.07, 6.45) is 0. The molecule has 0 saturated carbocycles. The van der Waals surface area contributed by atoms with Gasteiger partial charge in [-0.3, -0.25) is 4.68 Å². The average Bonchev–Trinajstić information content (AvgIpc) is 2.91. The van der Waals surface area contributed by atoms with Crippen molar-refractivity contribution in [3.63, 3.8) is 0 Å². The first kappa shape index (κ1) is 13.8. The lowest BCUT2D eigenvalue weighted by molar-refractivity contribution is 0.420. The van der Waals surface area contributed by atoms with Crippen molar-refractivity contribution < 1.29 is 4.74 Å². The molecule has 3 heteroatoms. The number of hydrogen-bond acceptors (Lipinski definition) is 2. The van der Waals surface area contributed by atoms with E-state index in [4.69, 9.17) is 9.84 Å². The lowest BCUT2D eigenvalue weighted by atomic mass is 10.0. The van der Waals surface area contributed by atoms with Crippen LogP contribution in [0.15, 0.2) is 60.7 Å². The first-order chi connectivity index (χ1) is 11.3. The fraction of sp³-hybridized carbons (Fsp3) is 0.150. The van der Waals surface area contributed by atoms with Gasteiger partial charge in [0.05, 0.1) is 24.9 Å². The van der Waals surface area contributed by atoms with Crippen LogP contribution in [0.1, 0.15) is 11.3 Å². The Bertz CT molecular complexity index is 987. The number of rotatable bonds is 3. The van der Waals surface area contributed by atoms with E-state index in [9.17, 15) is 0 Å². The Morgan fingerprint density at radius 2 is 1.61 bits per heavy atom. The largest absolute Gasteiger partial charge is 0.496 e. The molecule has 3 nitrogen and oxygen atoms in total. The van der Waals surface area contributed by atoms with Crippen LogP contribution in [-0.2, 0) is 6.54 Å². The van der Waals surface area contributed by atoms with E-state index in [0.717, 1.165) is 28.8 Å². The molecule has 114 valence electrons. The van der Waals surface area contributed by atoms with Gasteiger partial charge < -0.3 is 4.74 Å². The van der Waals surface area contributed by atoms with E-state index < -0.39 is 0 Å². The first-order valence-corrected chi connectivity index (χ1v) is 7.74. The fourth-order valence-electron chi connectivity index (χ4n) is 3.21. The molecular weight excluding hydrogens is 284 g/mol. The summed E-state index contributed by atoms with van der Waals surface area (Å²) in [7, 11) is 1.72. The molecule has 23 heavy (non-hydrogen) atoms. The Kier molecular flexibility index (Phi) is 3.27. The lowest BCUT2D eigenvalue weighted by Crippen LogP contribution is -2.02. The van der Waals surface area contributed by atoms with Crippen LogP contribution in [-0.4, -0.2) is 16.9 Å². The normalized spacial score (nSPS) is 11.2. The summed E-state index contributed by atoms with van der Waals surface area (Å²) in [4.78, 5) is 0. The van der Waals surface area contributed by atoms with Crippen LogP contribution in [0.25, 0.3) is 21.7 Å². The van der Waals surface area contributed by atoms with Gasteiger partial charge in [0.25, 0.3) is 0 Å². The van der Waals surface area contributed by atoms with Crippen LogP contribution in [0.2, 0.25) is 0 Å². The fourth-order valence-corrected chi connectivity index (χ4v) is 3.21. The highest BCUT2D eigenvalue weighted by atomic mass is 16.5. The minimum atomic E-state index is 0.765. The molecule has 0 bridgehead atoms. The second kappa shape index (κ2) is 5.43. The highest BCUT2D eigenvalue weighted by molar-refractivity contribution is 6.09. The SMILES string of the molecule is COc1cc2c(C)nn(Cc3ccccc3)c2c2ccccc12. The molecule has 1 aromatic heterocycles. The Hall–Kier alpha value is -2.81. The topological polar surface area (TPSA) is 27.1 Å². The predicted octanol–water partition coefficient (Wildman–Crippen LogP) is 4.55. The summed E-state index contributed by atoms with van der Waals surface area (Å²) in [5.74, 6) is 0.899. The summed E-state index contributed by atoms with van der Waals surface area (Å²) < 4.78 is 7.68. The molecule has 3 aromatic carbocycles. The van der Waals surface area contributed by atoms with Crippen LogP contribution < -0.4 is 4.74 Å². The molecule has 0 radical (unpaired) electrons. The Morgan fingerprint density at radius 3 is 2.35 bits per heavy atom. The van der Waals surface area contributed by atoms with Crippen LogP contribution in [0.3, 0.4) is 0 Å². The highest BCUT2D eigenvalue weighted by Crippen LogP contribution is 2.34. The maximum Gasteiger partial charge on any atom is 0.127 e. The molecular formula is C20H18N2O. The van der Waals surface area contributed by atoms with Crippen molar-refractivity contribution in [2.24, 2.45) is 0 Å². The van der Waals surface area contributed by atoms with Crippen LogP contribution in [0.5, 0.6) is 5.75 Å². The van der Waals surface area contributed by atoms with Crippen LogP contribution in [0.4, 0.5) is 0 Å². The van der Waals surface area contributed by atoms with Gasteiger partial charge in [-0.15, -0.1) is 0 Å². The second-order valence-corrected chi connectivity index (χ2v) is 5.75. The standard InChI is InChI=1S/C20H18N2O/c1-14-18-12-19(23-2)16-10-6-7-11-17(16)20(18)22(21-14)13-15-8-4-3-5-9-15/h3-12H,13H2,1-2H3. The van der Waals surface area contributed by atoms with Crippen molar-refractivity contribution in [1.82, 2.24) is 9.78 Å². The molecule has 0 unspecified atom stereocenters. The average molecular weight is 302 g/mol. The summed E-state index contributed by atoms with van der Waals surface area (Å²) >= 11 is 0. The van der Waals surface area contributed by atoms with Gasteiger partial charge in [0.2, 0.25) is 0 Å². The Balaban J connectivity index is 2.01. The predicted molar refractivity (Wildman–Crippen MR) is 94.1 cm³/mol. The molecule has 0 aliphatic rings. The molecule has 4 rings (SSSR count).